The molecule has 1 fully saturated rings. The molecule has 1 saturated heterocycles. The molecule has 8 nitrogen and oxygen atoms in total. The van der Waals surface area contributed by atoms with Gasteiger partial charge < -0.3 is 14.8 Å². The number of imidazole rings is 1. The molecule has 0 radical (unpaired) electrons. The van der Waals surface area contributed by atoms with Gasteiger partial charge in [0.1, 0.15) is 12.1 Å². The number of nitrogens with zero attached hydrogens (tertiary/aromatic N) is 7. The van der Waals surface area contributed by atoms with Crippen molar-refractivity contribution in [1.29, 1.82) is 0 Å². The molecule has 0 spiro atoms. The van der Waals surface area contributed by atoms with E-state index >= 15 is 0 Å². The van der Waals surface area contributed by atoms with E-state index in [-0.39, 0.29) is 0 Å². The molecular formula is C23H26N8. The lowest BCUT2D eigenvalue weighted by atomic mass is 10.1. The Morgan fingerprint density at radius 3 is 2.48 bits per heavy atom. The lowest BCUT2D eigenvalue weighted by Gasteiger charge is -2.35. The summed E-state index contributed by atoms with van der Waals surface area (Å²) in [6, 6.07) is 14.6. The van der Waals surface area contributed by atoms with Crippen molar-refractivity contribution in [1.82, 2.24) is 29.4 Å². The normalized spacial score (nSPS) is 14.8. The molecule has 1 aromatic carbocycles. The van der Waals surface area contributed by atoms with Gasteiger partial charge in [0.25, 0.3) is 0 Å². The molecule has 8 heteroatoms. The minimum absolute atomic E-state index is 0.732. The number of pyridine rings is 1. The zero-order valence-electron chi connectivity index (χ0n) is 17.6. The van der Waals surface area contributed by atoms with Crippen molar-refractivity contribution in [2.75, 3.05) is 36.4 Å². The van der Waals surface area contributed by atoms with Crippen LogP contribution in [0.15, 0.2) is 61.3 Å². The number of benzene rings is 1. The summed E-state index contributed by atoms with van der Waals surface area (Å²) in [4.78, 5) is 22.5. The average molecular weight is 415 g/mol. The molecule has 0 saturated carbocycles. The second kappa shape index (κ2) is 8.69. The second-order valence-electron chi connectivity index (χ2n) is 7.70. The Kier molecular flexibility index (Phi) is 5.45. The number of rotatable bonds is 6. The third kappa shape index (κ3) is 4.20. The fraction of sp³-hybridized carbons (Fsp3) is 0.304. The topological polar surface area (TPSA) is 75.0 Å². The van der Waals surface area contributed by atoms with Gasteiger partial charge in [-0.2, -0.15) is 0 Å². The smallest absolute Gasteiger partial charge is 0.165 e. The first kappa shape index (κ1) is 19.4. The SMILES string of the molecule is CCn1cnc2c(Nc3ccc(CN4CCN(c5ccccn5)CC4)cc3)ncnc21. The zero-order valence-corrected chi connectivity index (χ0v) is 17.6. The maximum absolute atomic E-state index is 4.47. The Morgan fingerprint density at radius 1 is 0.903 bits per heavy atom. The maximum Gasteiger partial charge on any atom is 0.165 e. The molecule has 4 aromatic rings. The van der Waals surface area contributed by atoms with Crippen LogP contribution in [0.25, 0.3) is 11.2 Å². The van der Waals surface area contributed by atoms with Crippen LogP contribution in [-0.2, 0) is 13.1 Å². The molecular weight excluding hydrogens is 388 g/mol. The van der Waals surface area contributed by atoms with E-state index < -0.39 is 0 Å². The van der Waals surface area contributed by atoms with Crippen molar-refractivity contribution >= 4 is 28.5 Å². The predicted octanol–water partition coefficient (Wildman–Crippen LogP) is 3.31. The van der Waals surface area contributed by atoms with E-state index in [4.69, 9.17) is 0 Å². The van der Waals surface area contributed by atoms with Crippen molar-refractivity contribution < 1.29 is 0 Å². The van der Waals surface area contributed by atoms with Gasteiger partial charge in [-0.05, 0) is 36.8 Å². The van der Waals surface area contributed by atoms with Crippen LogP contribution in [0.4, 0.5) is 17.3 Å². The maximum atomic E-state index is 4.47. The summed E-state index contributed by atoms with van der Waals surface area (Å²) in [5.74, 6) is 1.80. The van der Waals surface area contributed by atoms with Gasteiger partial charge in [-0.1, -0.05) is 18.2 Å². The van der Waals surface area contributed by atoms with Crippen LogP contribution in [0, 0.1) is 0 Å². The van der Waals surface area contributed by atoms with Crippen molar-refractivity contribution in [3.05, 3.63) is 66.9 Å². The van der Waals surface area contributed by atoms with E-state index in [1.807, 2.05) is 22.9 Å². The summed E-state index contributed by atoms with van der Waals surface area (Å²) in [5.41, 5.74) is 3.94. The molecule has 158 valence electrons. The summed E-state index contributed by atoms with van der Waals surface area (Å²) < 4.78 is 2.01. The summed E-state index contributed by atoms with van der Waals surface area (Å²) >= 11 is 0. The van der Waals surface area contributed by atoms with E-state index in [1.165, 1.54) is 5.56 Å². The van der Waals surface area contributed by atoms with Gasteiger partial charge >= 0.3 is 0 Å². The first-order valence-electron chi connectivity index (χ1n) is 10.7. The van der Waals surface area contributed by atoms with Crippen LogP contribution in [-0.4, -0.2) is 55.6 Å². The highest BCUT2D eigenvalue weighted by Gasteiger charge is 2.18. The molecule has 31 heavy (non-hydrogen) atoms. The Bertz CT molecular complexity index is 1130. The Hall–Kier alpha value is -3.52. The summed E-state index contributed by atoms with van der Waals surface area (Å²) in [5, 5.41) is 3.38. The number of aromatic nitrogens is 5. The van der Waals surface area contributed by atoms with Crippen LogP contribution < -0.4 is 10.2 Å². The number of fused-ring (bicyclic) bond motifs is 1. The molecule has 1 aliphatic rings. The molecule has 0 bridgehead atoms. The van der Waals surface area contributed by atoms with Gasteiger partial charge in [0.05, 0.1) is 6.33 Å². The van der Waals surface area contributed by atoms with E-state index in [9.17, 15) is 0 Å². The minimum atomic E-state index is 0.732. The first-order valence-corrected chi connectivity index (χ1v) is 10.7. The van der Waals surface area contributed by atoms with E-state index in [0.717, 1.165) is 67.8 Å². The lowest BCUT2D eigenvalue weighted by molar-refractivity contribution is 0.249. The number of hydrogen-bond donors (Lipinski definition) is 1. The Balaban J connectivity index is 1.20. The molecule has 0 aliphatic carbocycles. The van der Waals surface area contributed by atoms with Gasteiger partial charge in [-0.15, -0.1) is 0 Å². The predicted molar refractivity (Wildman–Crippen MR) is 122 cm³/mol. The third-order valence-corrected chi connectivity index (χ3v) is 5.71. The van der Waals surface area contributed by atoms with Crippen molar-refractivity contribution in [3.8, 4) is 0 Å². The molecule has 3 aromatic heterocycles. The van der Waals surface area contributed by atoms with Crippen LogP contribution in [0.2, 0.25) is 0 Å². The summed E-state index contributed by atoms with van der Waals surface area (Å²) in [6.07, 6.45) is 5.25. The minimum Gasteiger partial charge on any atom is -0.354 e. The largest absolute Gasteiger partial charge is 0.354 e. The Labute approximate surface area is 181 Å². The van der Waals surface area contributed by atoms with Gasteiger partial charge in [0, 0.05) is 51.2 Å². The van der Waals surface area contributed by atoms with E-state index in [2.05, 4.69) is 72.3 Å². The van der Waals surface area contributed by atoms with Crippen LogP contribution in [0.3, 0.4) is 0 Å². The lowest BCUT2D eigenvalue weighted by Crippen LogP contribution is -2.46. The van der Waals surface area contributed by atoms with E-state index in [1.54, 1.807) is 12.7 Å². The first-order chi connectivity index (χ1) is 15.3. The number of piperazine rings is 1. The quantitative estimate of drug-likeness (QED) is 0.519. The highest BCUT2D eigenvalue weighted by molar-refractivity contribution is 5.85. The molecule has 0 amide bonds. The van der Waals surface area contributed by atoms with Crippen molar-refractivity contribution in [2.45, 2.75) is 20.0 Å². The molecule has 0 unspecified atom stereocenters. The number of aryl methyl sites for hydroxylation is 1. The highest BCUT2D eigenvalue weighted by atomic mass is 15.3. The summed E-state index contributed by atoms with van der Waals surface area (Å²) in [6.45, 7) is 7.95. The Morgan fingerprint density at radius 2 is 1.74 bits per heavy atom. The third-order valence-electron chi connectivity index (χ3n) is 5.71. The fourth-order valence-corrected chi connectivity index (χ4v) is 3.97. The number of anilines is 3. The monoisotopic (exact) mass is 414 g/mol. The molecule has 1 aliphatic heterocycles. The van der Waals surface area contributed by atoms with Crippen LogP contribution >= 0.6 is 0 Å². The van der Waals surface area contributed by atoms with Gasteiger partial charge in [0.15, 0.2) is 17.0 Å². The van der Waals surface area contributed by atoms with E-state index in [0.29, 0.717) is 0 Å². The molecule has 0 atom stereocenters. The molecule has 4 heterocycles. The van der Waals surface area contributed by atoms with Gasteiger partial charge in [-0.3, -0.25) is 4.90 Å². The average Bonchev–Trinajstić information content (AvgIpc) is 3.26. The number of hydrogen-bond acceptors (Lipinski definition) is 7. The van der Waals surface area contributed by atoms with Crippen LogP contribution in [0.5, 0.6) is 0 Å². The van der Waals surface area contributed by atoms with Gasteiger partial charge in [-0.25, -0.2) is 19.9 Å². The highest BCUT2D eigenvalue weighted by Crippen LogP contribution is 2.22. The standard InChI is InChI=1S/C23H26N8/c1-2-30-17-27-21-22(25-16-26-23(21)30)28-19-8-6-18(7-9-19)15-29-11-13-31(14-12-29)20-5-3-4-10-24-20/h3-10,16-17H,2,11-15H2,1H3,(H,25,26,28). The summed E-state index contributed by atoms with van der Waals surface area (Å²) in [7, 11) is 0. The number of nitrogens with one attached hydrogen (secondary N) is 1. The van der Waals surface area contributed by atoms with Crippen LogP contribution in [0.1, 0.15) is 12.5 Å². The second-order valence-corrected chi connectivity index (χ2v) is 7.70. The zero-order chi connectivity index (χ0) is 21.0. The van der Waals surface area contributed by atoms with Gasteiger partial charge in [0.2, 0.25) is 0 Å². The molecule has 5 rings (SSSR count). The van der Waals surface area contributed by atoms with Crippen molar-refractivity contribution in [3.63, 3.8) is 0 Å². The fourth-order valence-electron chi connectivity index (χ4n) is 3.97. The van der Waals surface area contributed by atoms with Crippen molar-refractivity contribution in [2.24, 2.45) is 0 Å². The molecule has 1 N–H and O–H groups in total.